The Morgan fingerprint density at radius 1 is 1.32 bits per heavy atom. The maximum atomic E-state index is 12.1. The molecular formula is C11H11N3O4S. The highest BCUT2D eigenvalue weighted by Crippen LogP contribution is 2.23. The number of nitrogens with one attached hydrogen (secondary N) is 2. The predicted octanol–water partition coefficient (Wildman–Crippen LogP) is 0.579. The average Bonchev–Trinajstić information content (AvgIpc) is 2.39. The zero-order valence-corrected chi connectivity index (χ0v) is 10.8. The van der Waals surface area contributed by atoms with Gasteiger partial charge in [-0.15, -0.1) is 0 Å². The second-order valence-corrected chi connectivity index (χ2v) is 5.24. The van der Waals surface area contributed by atoms with E-state index in [9.17, 15) is 13.2 Å². The molecule has 0 unspecified atom stereocenters. The van der Waals surface area contributed by atoms with Crippen molar-refractivity contribution in [2.75, 3.05) is 11.8 Å². The number of H-pyrrole nitrogens is 1. The summed E-state index contributed by atoms with van der Waals surface area (Å²) in [5.74, 6) is 0.162. The number of hydrogen-bond donors (Lipinski definition) is 2. The highest BCUT2D eigenvalue weighted by molar-refractivity contribution is 7.92. The van der Waals surface area contributed by atoms with Crippen molar-refractivity contribution in [2.24, 2.45) is 0 Å². The largest absolute Gasteiger partial charge is 0.480 e. The third-order valence-corrected chi connectivity index (χ3v) is 3.64. The fourth-order valence-corrected chi connectivity index (χ4v) is 2.42. The Balaban J connectivity index is 2.36. The van der Waals surface area contributed by atoms with Crippen molar-refractivity contribution < 1.29 is 13.2 Å². The van der Waals surface area contributed by atoms with Gasteiger partial charge in [-0.1, -0.05) is 0 Å². The minimum Gasteiger partial charge on any atom is -0.480 e. The lowest BCUT2D eigenvalue weighted by molar-refractivity contribution is 0.400. The molecule has 19 heavy (non-hydrogen) atoms. The molecule has 0 atom stereocenters. The topological polar surface area (TPSA) is 101 Å². The summed E-state index contributed by atoms with van der Waals surface area (Å²) >= 11 is 0. The minimum atomic E-state index is -3.80. The molecule has 2 heterocycles. The number of hydrogen-bond acceptors (Lipinski definition) is 5. The third-order valence-electron chi connectivity index (χ3n) is 2.27. The van der Waals surface area contributed by atoms with E-state index in [0.717, 1.165) is 12.3 Å². The number of aromatic nitrogens is 2. The molecule has 7 nitrogen and oxygen atoms in total. The molecule has 0 aliphatic heterocycles. The van der Waals surface area contributed by atoms with Crippen molar-refractivity contribution in [3.05, 3.63) is 47.0 Å². The quantitative estimate of drug-likeness (QED) is 0.853. The van der Waals surface area contributed by atoms with Gasteiger partial charge < -0.3 is 9.72 Å². The van der Waals surface area contributed by atoms with Gasteiger partial charge in [0.15, 0.2) is 0 Å². The Morgan fingerprint density at radius 3 is 2.74 bits per heavy atom. The van der Waals surface area contributed by atoms with Crippen LogP contribution in [-0.4, -0.2) is 25.5 Å². The van der Waals surface area contributed by atoms with Gasteiger partial charge in [0.2, 0.25) is 11.4 Å². The summed E-state index contributed by atoms with van der Waals surface area (Å²) in [5.41, 5.74) is -0.158. The van der Waals surface area contributed by atoms with E-state index in [1.165, 1.54) is 25.4 Å². The Morgan fingerprint density at radius 2 is 2.11 bits per heavy atom. The molecule has 0 radical (unpaired) electrons. The van der Waals surface area contributed by atoms with Gasteiger partial charge in [-0.3, -0.25) is 9.52 Å². The SMILES string of the molecule is COc1ncccc1NS(=O)(=O)c1ccc(=O)[nH]c1. The predicted molar refractivity (Wildman–Crippen MR) is 68.7 cm³/mol. The van der Waals surface area contributed by atoms with Gasteiger partial charge in [-0.25, -0.2) is 13.4 Å². The summed E-state index contributed by atoms with van der Waals surface area (Å²) in [6.07, 6.45) is 2.60. The van der Waals surface area contributed by atoms with Crippen molar-refractivity contribution in [1.82, 2.24) is 9.97 Å². The first-order chi connectivity index (χ1) is 9.03. The second kappa shape index (κ2) is 5.11. The summed E-state index contributed by atoms with van der Waals surface area (Å²) in [7, 11) is -2.41. The number of anilines is 1. The van der Waals surface area contributed by atoms with Gasteiger partial charge in [0.25, 0.3) is 10.0 Å². The number of methoxy groups -OCH3 is 1. The molecule has 0 saturated heterocycles. The van der Waals surface area contributed by atoms with Crippen LogP contribution in [0.4, 0.5) is 5.69 Å². The molecule has 0 bridgehead atoms. The lowest BCUT2D eigenvalue weighted by Crippen LogP contribution is -2.15. The van der Waals surface area contributed by atoms with Crippen molar-refractivity contribution in [1.29, 1.82) is 0 Å². The van der Waals surface area contributed by atoms with E-state index in [1.54, 1.807) is 6.07 Å². The van der Waals surface area contributed by atoms with Crippen LogP contribution in [0.15, 0.2) is 46.3 Å². The van der Waals surface area contributed by atoms with E-state index in [2.05, 4.69) is 14.7 Å². The van der Waals surface area contributed by atoms with Gasteiger partial charge in [-0.2, -0.15) is 0 Å². The molecule has 2 aromatic heterocycles. The van der Waals surface area contributed by atoms with Crippen LogP contribution < -0.4 is 15.0 Å². The molecule has 2 aromatic rings. The van der Waals surface area contributed by atoms with Crippen LogP contribution in [-0.2, 0) is 10.0 Å². The van der Waals surface area contributed by atoms with Crippen LogP contribution in [0.1, 0.15) is 0 Å². The fraction of sp³-hybridized carbons (Fsp3) is 0.0909. The van der Waals surface area contributed by atoms with E-state index < -0.39 is 10.0 Å². The number of aromatic amines is 1. The monoisotopic (exact) mass is 281 g/mol. The number of rotatable bonds is 4. The molecule has 0 amide bonds. The summed E-state index contributed by atoms with van der Waals surface area (Å²) < 4.78 is 31.4. The molecule has 0 spiro atoms. The maximum Gasteiger partial charge on any atom is 0.263 e. The molecule has 8 heteroatoms. The molecule has 2 rings (SSSR count). The molecule has 0 aliphatic carbocycles. The standard InChI is InChI=1S/C11H11N3O4S/c1-18-11-9(3-2-6-12-11)14-19(16,17)8-4-5-10(15)13-7-8/h2-7,14H,1H3,(H,13,15). The van der Waals surface area contributed by atoms with Crippen molar-refractivity contribution >= 4 is 15.7 Å². The van der Waals surface area contributed by atoms with Crippen LogP contribution in [0.3, 0.4) is 0 Å². The first-order valence-corrected chi connectivity index (χ1v) is 6.72. The normalized spacial score (nSPS) is 11.0. The van der Waals surface area contributed by atoms with Crippen LogP contribution in [0.25, 0.3) is 0 Å². The Kier molecular flexibility index (Phi) is 3.52. The van der Waals surface area contributed by atoms with Gasteiger partial charge in [0.1, 0.15) is 10.6 Å². The van der Waals surface area contributed by atoms with Crippen LogP contribution in [0, 0.1) is 0 Å². The fourth-order valence-electron chi connectivity index (χ4n) is 1.40. The van der Waals surface area contributed by atoms with Crippen LogP contribution in [0.2, 0.25) is 0 Å². The number of ether oxygens (including phenoxy) is 1. The van der Waals surface area contributed by atoms with Crippen molar-refractivity contribution in [3.63, 3.8) is 0 Å². The zero-order chi connectivity index (χ0) is 13.9. The second-order valence-electron chi connectivity index (χ2n) is 3.55. The van der Waals surface area contributed by atoms with E-state index in [4.69, 9.17) is 4.74 Å². The Hall–Kier alpha value is -2.35. The highest BCUT2D eigenvalue weighted by atomic mass is 32.2. The Bertz CT molecular complexity index is 719. The van der Waals surface area contributed by atoms with E-state index in [1.807, 2.05) is 0 Å². The molecule has 0 aromatic carbocycles. The first-order valence-electron chi connectivity index (χ1n) is 5.23. The molecule has 100 valence electrons. The van der Waals surface area contributed by atoms with Gasteiger partial charge in [0.05, 0.1) is 7.11 Å². The highest BCUT2D eigenvalue weighted by Gasteiger charge is 2.16. The zero-order valence-electron chi connectivity index (χ0n) is 9.95. The van der Waals surface area contributed by atoms with E-state index >= 15 is 0 Å². The van der Waals surface area contributed by atoms with E-state index in [0.29, 0.717) is 0 Å². The first kappa shape index (κ1) is 13.1. The molecule has 0 aliphatic rings. The Labute approximate surface area is 109 Å². The summed E-state index contributed by atoms with van der Waals surface area (Å²) in [6, 6.07) is 5.45. The van der Waals surface area contributed by atoms with E-state index in [-0.39, 0.29) is 22.0 Å². The lowest BCUT2D eigenvalue weighted by atomic mass is 10.4. The van der Waals surface area contributed by atoms with Crippen molar-refractivity contribution in [3.8, 4) is 5.88 Å². The summed E-state index contributed by atoms with van der Waals surface area (Å²) in [4.78, 5) is 17.0. The van der Waals surface area contributed by atoms with Crippen LogP contribution in [0.5, 0.6) is 5.88 Å². The van der Waals surface area contributed by atoms with Gasteiger partial charge in [0, 0.05) is 18.5 Å². The molecule has 0 saturated carbocycles. The lowest BCUT2D eigenvalue weighted by Gasteiger charge is -2.10. The van der Waals surface area contributed by atoms with Crippen molar-refractivity contribution in [2.45, 2.75) is 4.90 Å². The summed E-state index contributed by atoms with van der Waals surface area (Å²) in [6.45, 7) is 0. The smallest absolute Gasteiger partial charge is 0.263 e. The third kappa shape index (κ3) is 2.91. The molecular weight excluding hydrogens is 270 g/mol. The maximum absolute atomic E-state index is 12.1. The number of pyridine rings is 2. The van der Waals surface area contributed by atoms with Gasteiger partial charge >= 0.3 is 0 Å². The average molecular weight is 281 g/mol. The summed E-state index contributed by atoms with van der Waals surface area (Å²) in [5, 5.41) is 0. The molecule has 0 fully saturated rings. The minimum absolute atomic E-state index is 0.0574. The van der Waals surface area contributed by atoms with Gasteiger partial charge in [-0.05, 0) is 18.2 Å². The number of nitrogens with zero attached hydrogens (tertiary/aromatic N) is 1. The number of sulfonamides is 1. The molecule has 2 N–H and O–H groups in total. The van der Waals surface area contributed by atoms with Crippen LogP contribution >= 0.6 is 0 Å².